The van der Waals surface area contributed by atoms with Crippen LogP contribution < -0.4 is 25.0 Å². The molecular weight excluding hydrogens is 530 g/mol. The van der Waals surface area contributed by atoms with E-state index in [1.807, 2.05) is 24.3 Å². The second-order valence-corrected chi connectivity index (χ2v) is 9.05. The van der Waals surface area contributed by atoms with Crippen LogP contribution in [-0.4, -0.2) is 24.8 Å². The van der Waals surface area contributed by atoms with Crippen LogP contribution in [0.2, 0.25) is 5.02 Å². The van der Waals surface area contributed by atoms with Gasteiger partial charge in [0.25, 0.3) is 11.8 Å². The molecule has 0 aromatic heterocycles. The zero-order valence-electron chi connectivity index (χ0n) is 21.2. The summed E-state index contributed by atoms with van der Waals surface area (Å²) in [4.78, 5) is 25.8. The third-order valence-electron chi connectivity index (χ3n) is 5.85. The minimum atomic E-state index is -0.599. The molecule has 2 N–H and O–H groups in total. The highest BCUT2D eigenvalue weighted by atomic mass is 35.5. The van der Waals surface area contributed by atoms with E-state index in [9.17, 15) is 9.59 Å². The van der Waals surface area contributed by atoms with Crippen LogP contribution in [0.4, 0.5) is 0 Å². The number of nitrogens with zero attached hydrogens (tertiary/aromatic N) is 1. The summed E-state index contributed by atoms with van der Waals surface area (Å²) >= 11 is 6.18. The summed E-state index contributed by atoms with van der Waals surface area (Å²) in [7, 11) is 0. The van der Waals surface area contributed by atoms with Gasteiger partial charge >= 0.3 is 0 Å². The summed E-state index contributed by atoms with van der Waals surface area (Å²) in [5, 5.41) is 7.38. The molecule has 2 amide bonds. The Balaban J connectivity index is 1.25. The van der Waals surface area contributed by atoms with Crippen LogP contribution >= 0.6 is 11.6 Å². The molecule has 9 heteroatoms. The highest BCUT2D eigenvalue weighted by molar-refractivity contribution is 6.31. The largest absolute Gasteiger partial charge is 0.489 e. The summed E-state index contributed by atoms with van der Waals surface area (Å²) in [5.74, 6) is 0.803. The van der Waals surface area contributed by atoms with Crippen molar-refractivity contribution in [3.63, 3.8) is 0 Å². The van der Waals surface area contributed by atoms with Gasteiger partial charge in [0.15, 0.2) is 11.5 Å². The fourth-order valence-electron chi connectivity index (χ4n) is 3.76. The van der Waals surface area contributed by atoms with E-state index >= 15 is 0 Å². The number of nitrogens with one attached hydrogen (secondary N) is 2. The van der Waals surface area contributed by atoms with Crippen molar-refractivity contribution in [1.82, 2.24) is 10.7 Å². The van der Waals surface area contributed by atoms with Gasteiger partial charge < -0.3 is 19.5 Å². The number of benzene rings is 4. The number of halogens is 1. The average Bonchev–Trinajstić information content (AvgIpc) is 3.45. The molecular formula is C31H24ClN3O5. The molecule has 0 aliphatic carbocycles. The van der Waals surface area contributed by atoms with Gasteiger partial charge in [0.2, 0.25) is 6.79 Å². The van der Waals surface area contributed by atoms with E-state index < -0.39 is 11.8 Å². The van der Waals surface area contributed by atoms with Gasteiger partial charge in [-0.15, -0.1) is 0 Å². The normalized spacial score (nSPS) is 12.3. The Bertz CT molecular complexity index is 1570. The maximum absolute atomic E-state index is 13.0. The maximum atomic E-state index is 13.0. The molecule has 1 aliphatic heterocycles. The molecule has 200 valence electrons. The van der Waals surface area contributed by atoms with Gasteiger partial charge in [-0.3, -0.25) is 9.59 Å². The van der Waals surface area contributed by atoms with Gasteiger partial charge in [0.1, 0.15) is 18.1 Å². The molecule has 0 saturated carbocycles. The number of amides is 2. The Kier molecular flexibility index (Phi) is 8.38. The van der Waals surface area contributed by atoms with Crippen molar-refractivity contribution in [3.05, 3.63) is 130 Å². The van der Waals surface area contributed by atoms with Crippen molar-refractivity contribution < 1.29 is 23.8 Å². The van der Waals surface area contributed by atoms with Crippen molar-refractivity contribution in [3.8, 4) is 17.2 Å². The van der Waals surface area contributed by atoms with E-state index in [0.29, 0.717) is 40.0 Å². The lowest BCUT2D eigenvalue weighted by Crippen LogP contribution is -2.32. The van der Waals surface area contributed by atoms with Crippen molar-refractivity contribution in [1.29, 1.82) is 0 Å². The second-order valence-electron chi connectivity index (χ2n) is 8.64. The van der Waals surface area contributed by atoms with Crippen LogP contribution in [0.15, 0.2) is 108 Å². The zero-order valence-corrected chi connectivity index (χ0v) is 21.9. The van der Waals surface area contributed by atoms with E-state index in [0.717, 1.165) is 11.1 Å². The number of ether oxygens (including phenoxy) is 3. The van der Waals surface area contributed by atoms with Crippen molar-refractivity contribution in [2.75, 3.05) is 6.79 Å². The Morgan fingerprint density at radius 2 is 1.60 bits per heavy atom. The van der Waals surface area contributed by atoms with E-state index in [-0.39, 0.29) is 12.5 Å². The van der Waals surface area contributed by atoms with E-state index in [4.69, 9.17) is 25.8 Å². The first-order valence-electron chi connectivity index (χ1n) is 12.3. The lowest BCUT2D eigenvalue weighted by atomic mass is 10.1. The number of hydrogen-bond acceptors (Lipinski definition) is 6. The minimum Gasteiger partial charge on any atom is -0.489 e. The van der Waals surface area contributed by atoms with E-state index in [1.54, 1.807) is 78.9 Å². The molecule has 8 nitrogen and oxygen atoms in total. The predicted octanol–water partition coefficient (Wildman–Crippen LogP) is 5.57. The topological polar surface area (TPSA) is 98.2 Å². The molecule has 40 heavy (non-hydrogen) atoms. The summed E-state index contributed by atoms with van der Waals surface area (Å²) < 4.78 is 16.6. The molecule has 4 aromatic carbocycles. The monoisotopic (exact) mass is 553 g/mol. The number of hydrazone groups is 1. The standard InChI is InChI=1S/C31H24ClN3O5/c32-26-9-5-4-8-24(26)19-38-25-13-10-21(11-14-25)18-33-35-31(37)27(34-30(36)23-6-2-1-3-7-23)16-22-12-15-28-29(17-22)40-20-39-28/h1-18H,19-20H2,(H,34,36)(H,35,37). The SMILES string of the molecule is O=C(NN=Cc1ccc(OCc2ccccc2Cl)cc1)C(=Cc1ccc2c(c1)OCO2)NC(=O)c1ccccc1. The molecule has 0 atom stereocenters. The van der Waals surface area contributed by atoms with Crippen LogP contribution in [0.5, 0.6) is 17.2 Å². The number of fused-ring (bicyclic) bond motifs is 1. The van der Waals surface area contributed by atoms with Gasteiger partial charge in [-0.1, -0.05) is 54.1 Å². The summed E-state index contributed by atoms with van der Waals surface area (Å²) in [6, 6.07) is 28.5. The Morgan fingerprint density at radius 1 is 0.875 bits per heavy atom. The lowest BCUT2D eigenvalue weighted by Gasteiger charge is -2.09. The van der Waals surface area contributed by atoms with Crippen molar-refractivity contribution >= 4 is 35.7 Å². The quantitative estimate of drug-likeness (QED) is 0.160. The maximum Gasteiger partial charge on any atom is 0.287 e. The van der Waals surface area contributed by atoms with E-state index in [2.05, 4.69) is 15.8 Å². The number of rotatable bonds is 9. The molecule has 0 fully saturated rings. The molecule has 5 rings (SSSR count). The molecule has 1 heterocycles. The highest BCUT2D eigenvalue weighted by Gasteiger charge is 2.17. The van der Waals surface area contributed by atoms with Crippen LogP contribution in [0.1, 0.15) is 27.0 Å². The van der Waals surface area contributed by atoms with Crippen molar-refractivity contribution in [2.45, 2.75) is 6.61 Å². The molecule has 1 aliphatic rings. The molecule has 0 unspecified atom stereocenters. The van der Waals surface area contributed by atoms with Gasteiger partial charge in [0.05, 0.1) is 6.21 Å². The van der Waals surface area contributed by atoms with Gasteiger partial charge in [0, 0.05) is 16.1 Å². The molecule has 0 bridgehead atoms. The van der Waals surface area contributed by atoms with Gasteiger partial charge in [-0.2, -0.15) is 5.10 Å². The molecule has 0 radical (unpaired) electrons. The lowest BCUT2D eigenvalue weighted by molar-refractivity contribution is -0.117. The number of hydrogen-bond donors (Lipinski definition) is 2. The van der Waals surface area contributed by atoms with Crippen LogP contribution in [0.3, 0.4) is 0 Å². The fourth-order valence-corrected chi connectivity index (χ4v) is 3.95. The number of carbonyl (C=O) groups is 2. The Labute approximate surface area is 235 Å². The van der Waals surface area contributed by atoms with Gasteiger partial charge in [-0.05, 0) is 71.8 Å². The van der Waals surface area contributed by atoms with Crippen LogP contribution in [0.25, 0.3) is 6.08 Å². The summed E-state index contributed by atoms with van der Waals surface area (Å²) in [6.07, 6.45) is 3.03. The van der Waals surface area contributed by atoms with Gasteiger partial charge in [-0.25, -0.2) is 5.43 Å². The zero-order chi connectivity index (χ0) is 27.7. The first-order chi connectivity index (χ1) is 19.5. The average molecular weight is 554 g/mol. The van der Waals surface area contributed by atoms with Crippen molar-refractivity contribution in [2.24, 2.45) is 5.10 Å². The van der Waals surface area contributed by atoms with Crippen LogP contribution in [0, 0.1) is 0 Å². The fraction of sp³-hybridized carbons (Fsp3) is 0.0645. The van der Waals surface area contributed by atoms with Crippen LogP contribution in [-0.2, 0) is 11.4 Å². The molecule has 4 aromatic rings. The Morgan fingerprint density at radius 3 is 2.40 bits per heavy atom. The second kappa shape index (κ2) is 12.6. The smallest absolute Gasteiger partial charge is 0.287 e. The predicted molar refractivity (Wildman–Crippen MR) is 152 cm³/mol. The molecule has 0 spiro atoms. The third-order valence-corrected chi connectivity index (χ3v) is 6.22. The molecule has 0 saturated heterocycles. The minimum absolute atomic E-state index is 0.00758. The first-order valence-corrected chi connectivity index (χ1v) is 12.7. The summed E-state index contributed by atoms with van der Waals surface area (Å²) in [5.41, 5.74) is 5.16. The number of carbonyl (C=O) groups excluding carboxylic acids is 2. The highest BCUT2D eigenvalue weighted by Crippen LogP contribution is 2.33. The summed E-state index contributed by atoms with van der Waals surface area (Å²) in [6.45, 7) is 0.472. The Hall–Kier alpha value is -5.08. The third kappa shape index (κ3) is 6.86. The first kappa shape index (κ1) is 26.5. The van der Waals surface area contributed by atoms with E-state index in [1.165, 1.54) is 6.21 Å².